The van der Waals surface area contributed by atoms with Gasteiger partial charge in [0.15, 0.2) is 9.84 Å². The zero-order valence-corrected chi connectivity index (χ0v) is 15.4. The summed E-state index contributed by atoms with van der Waals surface area (Å²) in [5.74, 6) is 0.0342. The van der Waals surface area contributed by atoms with Gasteiger partial charge >= 0.3 is 0 Å². The SMILES string of the molecule is COc1ccc(C(=O)NCCNc2ccc(S(C)(=O)=O)cc2[N+](=O)[O-])cn1. The number of rotatable bonds is 8. The third-order valence-electron chi connectivity index (χ3n) is 3.53. The number of pyridine rings is 1. The Balaban J connectivity index is 1.96. The van der Waals surface area contributed by atoms with Gasteiger partial charge in [0.2, 0.25) is 5.88 Å². The standard InChI is InChI=1S/C16H18N4O6S/c1-26-15-6-3-11(10-19-15)16(21)18-8-7-17-13-5-4-12(27(2,24)25)9-14(13)20(22)23/h3-6,9-10,17H,7-8H2,1-2H3,(H,18,21). The van der Waals surface area contributed by atoms with E-state index in [1.54, 1.807) is 12.1 Å². The second kappa shape index (κ2) is 8.45. The first-order chi connectivity index (χ1) is 12.7. The average molecular weight is 394 g/mol. The number of anilines is 1. The van der Waals surface area contributed by atoms with Crippen LogP contribution in [0.1, 0.15) is 10.4 Å². The van der Waals surface area contributed by atoms with Gasteiger partial charge in [-0.1, -0.05) is 0 Å². The predicted octanol–water partition coefficient (Wildman–Crippen LogP) is 1.24. The van der Waals surface area contributed by atoms with Crippen molar-refractivity contribution in [2.45, 2.75) is 4.90 Å². The number of benzene rings is 1. The van der Waals surface area contributed by atoms with Crippen LogP contribution in [-0.2, 0) is 9.84 Å². The van der Waals surface area contributed by atoms with E-state index >= 15 is 0 Å². The molecule has 1 aromatic heterocycles. The van der Waals surface area contributed by atoms with Crippen molar-refractivity contribution in [1.29, 1.82) is 0 Å². The van der Waals surface area contributed by atoms with Crippen LogP contribution >= 0.6 is 0 Å². The smallest absolute Gasteiger partial charge is 0.293 e. The molecule has 0 radical (unpaired) electrons. The Hall–Kier alpha value is -3.21. The van der Waals surface area contributed by atoms with Gasteiger partial charge in [0.05, 0.1) is 22.5 Å². The zero-order valence-electron chi connectivity index (χ0n) is 14.6. The molecular weight excluding hydrogens is 376 g/mol. The summed E-state index contributed by atoms with van der Waals surface area (Å²) < 4.78 is 28.0. The van der Waals surface area contributed by atoms with Crippen LogP contribution < -0.4 is 15.4 Å². The number of methoxy groups -OCH3 is 1. The van der Waals surface area contributed by atoms with Gasteiger partial charge in [-0.2, -0.15) is 0 Å². The summed E-state index contributed by atoms with van der Waals surface area (Å²) in [6, 6.07) is 6.72. The Morgan fingerprint density at radius 3 is 2.56 bits per heavy atom. The van der Waals surface area contributed by atoms with E-state index in [1.165, 1.54) is 25.4 Å². The van der Waals surface area contributed by atoms with Crippen molar-refractivity contribution < 1.29 is 22.9 Å². The van der Waals surface area contributed by atoms with Crippen LogP contribution in [0.15, 0.2) is 41.4 Å². The fourth-order valence-electron chi connectivity index (χ4n) is 2.15. The lowest BCUT2D eigenvalue weighted by molar-refractivity contribution is -0.384. The quantitative estimate of drug-likeness (QED) is 0.387. The van der Waals surface area contributed by atoms with E-state index in [1.807, 2.05) is 0 Å². The van der Waals surface area contributed by atoms with E-state index in [-0.39, 0.29) is 35.3 Å². The molecule has 1 heterocycles. The maximum absolute atomic E-state index is 12.0. The van der Waals surface area contributed by atoms with Crippen LogP contribution in [0.5, 0.6) is 5.88 Å². The van der Waals surface area contributed by atoms with Crippen LogP contribution in [0.25, 0.3) is 0 Å². The zero-order chi connectivity index (χ0) is 20.0. The maximum Gasteiger partial charge on any atom is 0.293 e. The summed E-state index contributed by atoms with van der Waals surface area (Å²) in [4.78, 5) is 26.3. The molecule has 27 heavy (non-hydrogen) atoms. The number of amides is 1. The molecule has 11 heteroatoms. The molecule has 144 valence electrons. The van der Waals surface area contributed by atoms with Crippen molar-refractivity contribution >= 4 is 27.1 Å². The van der Waals surface area contributed by atoms with Gasteiger partial charge in [0.25, 0.3) is 11.6 Å². The number of nitrogens with zero attached hydrogens (tertiary/aromatic N) is 2. The molecule has 0 unspecified atom stereocenters. The molecular formula is C16H18N4O6S. The van der Waals surface area contributed by atoms with Crippen molar-refractivity contribution in [3.63, 3.8) is 0 Å². The van der Waals surface area contributed by atoms with Gasteiger partial charge in [-0.3, -0.25) is 14.9 Å². The van der Waals surface area contributed by atoms with Crippen molar-refractivity contribution in [3.8, 4) is 5.88 Å². The minimum Gasteiger partial charge on any atom is -0.481 e. The summed E-state index contributed by atoms with van der Waals surface area (Å²) in [6.45, 7) is 0.393. The average Bonchev–Trinajstić information content (AvgIpc) is 2.64. The van der Waals surface area contributed by atoms with E-state index in [2.05, 4.69) is 15.6 Å². The Bertz CT molecular complexity index is 944. The first kappa shape index (κ1) is 20.1. The lowest BCUT2D eigenvalue weighted by Gasteiger charge is -2.09. The van der Waals surface area contributed by atoms with Gasteiger partial charge in [-0.15, -0.1) is 0 Å². The normalized spacial score (nSPS) is 10.9. The minimum absolute atomic E-state index is 0.139. The molecule has 0 fully saturated rings. The molecule has 2 aromatic rings. The fourth-order valence-corrected chi connectivity index (χ4v) is 2.79. The third kappa shape index (κ3) is 5.38. The summed E-state index contributed by atoms with van der Waals surface area (Å²) >= 11 is 0. The second-order valence-corrected chi connectivity index (χ2v) is 7.50. The lowest BCUT2D eigenvalue weighted by atomic mass is 10.2. The van der Waals surface area contributed by atoms with E-state index < -0.39 is 14.8 Å². The summed E-state index contributed by atoms with van der Waals surface area (Å²) in [5.41, 5.74) is 0.149. The van der Waals surface area contributed by atoms with Crippen LogP contribution in [0, 0.1) is 10.1 Å². The highest BCUT2D eigenvalue weighted by Gasteiger charge is 2.18. The molecule has 2 rings (SSSR count). The molecule has 1 aromatic carbocycles. The Kier molecular flexibility index (Phi) is 6.29. The molecule has 2 N–H and O–H groups in total. The number of aromatic nitrogens is 1. The monoisotopic (exact) mass is 394 g/mol. The number of ether oxygens (including phenoxy) is 1. The first-order valence-electron chi connectivity index (χ1n) is 7.73. The molecule has 0 aliphatic rings. The van der Waals surface area contributed by atoms with Crippen molar-refractivity contribution in [1.82, 2.24) is 10.3 Å². The highest BCUT2D eigenvalue weighted by atomic mass is 32.2. The lowest BCUT2D eigenvalue weighted by Crippen LogP contribution is -2.28. The minimum atomic E-state index is -3.55. The van der Waals surface area contributed by atoms with Crippen LogP contribution in [-0.4, -0.2) is 50.7 Å². The van der Waals surface area contributed by atoms with E-state index in [0.29, 0.717) is 11.4 Å². The Morgan fingerprint density at radius 2 is 2.00 bits per heavy atom. The molecule has 0 aliphatic carbocycles. The van der Waals surface area contributed by atoms with E-state index in [0.717, 1.165) is 12.3 Å². The number of nitrogens with one attached hydrogen (secondary N) is 2. The van der Waals surface area contributed by atoms with Crippen LogP contribution in [0.2, 0.25) is 0 Å². The van der Waals surface area contributed by atoms with Crippen molar-refractivity contribution in [3.05, 3.63) is 52.2 Å². The van der Waals surface area contributed by atoms with Gasteiger partial charge in [0, 0.05) is 37.7 Å². The fraction of sp³-hybridized carbons (Fsp3) is 0.250. The van der Waals surface area contributed by atoms with Gasteiger partial charge < -0.3 is 15.4 Å². The molecule has 10 nitrogen and oxygen atoms in total. The van der Waals surface area contributed by atoms with E-state index in [9.17, 15) is 23.3 Å². The number of hydrogen-bond acceptors (Lipinski definition) is 8. The Labute approximate surface area is 155 Å². The highest BCUT2D eigenvalue weighted by molar-refractivity contribution is 7.90. The number of nitro groups is 1. The predicted molar refractivity (Wildman–Crippen MR) is 97.8 cm³/mol. The van der Waals surface area contributed by atoms with E-state index in [4.69, 9.17) is 4.74 Å². The number of nitro benzene ring substituents is 1. The summed E-state index contributed by atoms with van der Waals surface area (Å²) in [5, 5.41) is 16.6. The third-order valence-corrected chi connectivity index (χ3v) is 4.64. The largest absolute Gasteiger partial charge is 0.481 e. The van der Waals surface area contributed by atoms with Crippen LogP contribution in [0.4, 0.5) is 11.4 Å². The van der Waals surface area contributed by atoms with Gasteiger partial charge in [0.1, 0.15) is 5.69 Å². The molecule has 0 atom stereocenters. The van der Waals surface area contributed by atoms with Crippen molar-refractivity contribution in [2.75, 3.05) is 31.8 Å². The first-order valence-corrected chi connectivity index (χ1v) is 9.62. The maximum atomic E-state index is 12.0. The van der Waals surface area contributed by atoms with Gasteiger partial charge in [-0.05, 0) is 18.2 Å². The number of carbonyl (C=O) groups is 1. The van der Waals surface area contributed by atoms with Crippen molar-refractivity contribution in [2.24, 2.45) is 0 Å². The number of sulfone groups is 1. The number of hydrogen-bond donors (Lipinski definition) is 2. The molecule has 0 spiro atoms. The second-order valence-electron chi connectivity index (χ2n) is 5.48. The number of carbonyl (C=O) groups excluding carboxylic acids is 1. The topological polar surface area (TPSA) is 141 Å². The molecule has 0 aliphatic heterocycles. The molecule has 0 saturated carbocycles. The molecule has 0 saturated heterocycles. The molecule has 0 bridgehead atoms. The highest BCUT2D eigenvalue weighted by Crippen LogP contribution is 2.27. The molecule has 1 amide bonds. The van der Waals surface area contributed by atoms with Crippen LogP contribution in [0.3, 0.4) is 0 Å². The Morgan fingerprint density at radius 1 is 1.26 bits per heavy atom. The summed E-state index contributed by atoms with van der Waals surface area (Å²) in [6.07, 6.45) is 2.35. The van der Waals surface area contributed by atoms with Gasteiger partial charge in [-0.25, -0.2) is 13.4 Å². The summed E-state index contributed by atoms with van der Waals surface area (Å²) in [7, 11) is -2.08.